The molecule has 0 aliphatic rings. The summed E-state index contributed by atoms with van der Waals surface area (Å²) in [5.41, 5.74) is 4.46. The number of hydrogen-bond donors (Lipinski definition) is 0. The number of esters is 1. The largest absolute Gasteiger partial charge is 0.494 e. The minimum absolute atomic E-state index is 0.0826. The zero-order valence-electron chi connectivity index (χ0n) is 23.1. The normalized spacial score (nSPS) is 9.92. The van der Waals surface area contributed by atoms with Crippen LogP contribution in [0.4, 0.5) is 0 Å². The first-order valence-electron chi connectivity index (χ1n) is 13.4. The smallest absolute Gasteiger partial charge is 0.333 e. The molecule has 0 saturated carbocycles. The summed E-state index contributed by atoms with van der Waals surface area (Å²) in [6, 6.07) is 21.3. The lowest BCUT2D eigenvalue weighted by atomic mass is 10.0. The van der Waals surface area contributed by atoms with E-state index >= 15 is 0 Å². The van der Waals surface area contributed by atoms with Crippen LogP contribution < -0.4 is 9.47 Å². The Hall–Kier alpha value is -4.41. The summed E-state index contributed by atoms with van der Waals surface area (Å²) in [4.78, 5) is 12.0. The molecule has 0 atom stereocenters. The molecule has 0 bridgehead atoms. The average molecular weight is 521 g/mol. The molecule has 4 nitrogen and oxygen atoms in total. The van der Waals surface area contributed by atoms with Crippen molar-refractivity contribution >= 4 is 5.97 Å². The van der Waals surface area contributed by atoms with Crippen molar-refractivity contribution in [1.29, 1.82) is 0 Å². The maximum Gasteiger partial charge on any atom is 0.333 e. The molecule has 3 aromatic rings. The molecule has 4 heteroatoms. The molecular formula is C35H36O4. The van der Waals surface area contributed by atoms with Crippen LogP contribution in [0.1, 0.15) is 74.3 Å². The Morgan fingerprint density at radius 2 is 1.21 bits per heavy atom. The Morgan fingerprint density at radius 1 is 0.718 bits per heavy atom. The topological polar surface area (TPSA) is 44.8 Å². The molecule has 3 aromatic carbocycles. The molecule has 0 spiro atoms. The molecule has 0 aromatic heterocycles. The van der Waals surface area contributed by atoms with Crippen LogP contribution in [-0.4, -0.2) is 19.2 Å². The standard InChI is InChI=1S/C35H36O4/c1-5-7-23-37-33-19-13-28(14-20-33)9-10-30-12-18-31(32(25-30)26-39-35(36)27(3)4)17-11-29-15-21-34(22-16-29)38-24-8-6-2/h12-16,18-22,25H,3,5-8,23-24,26H2,1-2,4H3. The molecule has 0 amide bonds. The highest BCUT2D eigenvalue weighted by molar-refractivity contribution is 5.86. The second kappa shape index (κ2) is 15.8. The maximum absolute atomic E-state index is 12.0. The summed E-state index contributed by atoms with van der Waals surface area (Å²) < 4.78 is 16.9. The van der Waals surface area contributed by atoms with Gasteiger partial charge in [0.25, 0.3) is 0 Å². The van der Waals surface area contributed by atoms with Crippen LogP contribution >= 0.6 is 0 Å². The Labute approximate surface area is 233 Å². The third-order valence-corrected chi connectivity index (χ3v) is 5.75. The zero-order valence-corrected chi connectivity index (χ0v) is 23.1. The Bertz CT molecular complexity index is 1360. The fraction of sp³-hybridized carbons (Fsp3) is 0.286. The molecule has 0 radical (unpaired) electrons. The van der Waals surface area contributed by atoms with E-state index in [4.69, 9.17) is 14.2 Å². The Balaban J connectivity index is 1.77. The van der Waals surface area contributed by atoms with Crippen molar-refractivity contribution in [3.63, 3.8) is 0 Å². The molecule has 0 N–H and O–H groups in total. The van der Waals surface area contributed by atoms with Gasteiger partial charge in [-0.1, -0.05) is 56.9 Å². The number of carbonyl (C=O) groups is 1. The van der Waals surface area contributed by atoms with Crippen molar-refractivity contribution < 1.29 is 19.0 Å². The summed E-state index contributed by atoms with van der Waals surface area (Å²) in [5.74, 6) is 14.0. The molecule has 3 rings (SSSR count). The van der Waals surface area contributed by atoms with E-state index in [-0.39, 0.29) is 6.61 Å². The van der Waals surface area contributed by atoms with E-state index in [2.05, 4.69) is 44.1 Å². The number of ether oxygens (including phenoxy) is 3. The average Bonchev–Trinajstić information content (AvgIpc) is 2.95. The first-order valence-corrected chi connectivity index (χ1v) is 13.4. The number of benzene rings is 3. The predicted octanol–water partition coefficient (Wildman–Crippen LogP) is 7.46. The molecule has 39 heavy (non-hydrogen) atoms. The molecular weight excluding hydrogens is 484 g/mol. The second-order valence-corrected chi connectivity index (χ2v) is 9.18. The van der Waals surface area contributed by atoms with Gasteiger partial charge in [0.05, 0.1) is 13.2 Å². The molecule has 0 fully saturated rings. The van der Waals surface area contributed by atoms with Gasteiger partial charge in [-0.05, 0) is 86.5 Å². The molecule has 0 aliphatic carbocycles. The van der Waals surface area contributed by atoms with Crippen LogP contribution in [-0.2, 0) is 16.1 Å². The number of rotatable bonds is 11. The van der Waals surface area contributed by atoms with Gasteiger partial charge < -0.3 is 14.2 Å². The lowest BCUT2D eigenvalue weighted by Gasteiger charge is -2.08. The van der Waals surface area contributed by atoms with Crippen molar-refractivity contribution in [3.8, 4) is 35.2 Å². The van der Waals surface area contributed by atoms with Crippen LogP contribution in [0, 0.1) is 23.7 Å². The van der Waals surface area contributed by atoms with E-state index in [1.54, 1.807) is 6.92 Å². The fourth-order valence-corrected chi connectivity index (χ4v) is 3.40. The van der Waals surface area contributed by atoms with Crippen molar-refractivity contribution in [2.24, 2.45) is 0 Å². The maximum atomic E-state index is 12.0. The van der Waals surface area contributed by atoms with E-state index < -0.39 is 5.97 Å². The second-order valence-electron chi connectivity index (χ2n) is 9.18. The summed E-state index contributed by atoms with van der Waals surface area (Å²) >= 11 is 0. The monoisotopic (exact) mass is 520 g/mol. The van der Waals surface area contributed by atoms with E-state index in [1.807, 2.05) is 66.7 Å². The first kappa shape index (κ1) is 29.2. The summed E-state index contributed by atoms with van der Waals surface area (Å²) in [5, 5.41) is 0. The lowest BCUT2D eigenvalue weighted by molar-refractivity contribution is -0.140. The van der Waals surface area contributed by atoms with Crippen LogP contribution in [0.5, 0.6) is 11.5 Å². The van der Waals surface area contributed by atoms with Crippen molar-refractivity contribution in [2.75, 3.05) is 13.2 Å². The van der Waals surface area contributed by atoms with Gasteiger partial charge in [0.2, 0.25) is 0 Å². The SMILES string of the molecule is C=C(C)C(=O)OCc1cc(C#Cc2ccc(OCCCC)cc2)ccc1C#Cc1ccc(OCCCC)cc1. The van der Waals surface area contributed by atoms with Gasteiger partial charge in [0.15, 0.2) is 0 Å². The number of unbranched alkanes of at least 4 members (excludes halogenated alkanes) is 2. The van der Waals surface area contributed by atoms with Gasteiger partial charge in [0, 0.05) is 33.4 Å². The van der Waals surface area contributed by atoms with Crippen molar-refractivity contribution in [1.82, 2.24) is 0 Å². The van der Waals surface area contributed by atoms with Gasteiger partial charge in [0.1, 0.15) is 18.1 Å². The predicted molar refractivity (Wildman–Crippen MR) is 157 cm³/mol. The zero-order chi connectivity index (χ0) is 27.9. The number of hydrogen-bond acceptors (Lipinski definition) is 4. The summed E-state index contributed by atoms with van der Waals surface area (Å²) in [6.45, 7) is 11.1. The van der Waals surface area contributed by atoms with Crippen LogP contribution in [0.2, 0.25) is 0 Å². The van der Waals surface area contributed by atoms with E-state index in [0.717, 1.165) is 65.0 Å². The Kier molecular flexibility index (Phi) is 11.8. The van der Waals surface area contributed by atoms with Crippen LogP contribution in [0.25, 0.3) is 0 Å². The quantitative estimate of drug-likeness (QED) is 0.114. The molecule has 0 saturated heterocycles. The Morgan fingerprint density at radius 3 is 1.72 bits per heavy atom. The molecule has 200 valence electrons. The minimum atomic E-state index is -0.440. The summed E-state index contributed by atoms with van der Waals surface area (Å²) in [7, 11) is 0. The lowest BCUT2D eigenvalue weighted by Crippen LogP contribution is -2.06. The van der Waals surface area contributed by atoms with Gasteiger partial charge in [-0.15, -0.1) is 0 Å². The minimum Gasteiger partial charge on any atom is -0.494 e. The van der Waals surface area contributed by atoms with Crippen LogP contribution in [0.3, 0.4) is 0 Å². The van der Waals surface area contributed by atoms with E-state index in [1.165, 1.54) is 0 Å². The molecule has 0 aliphatic heterocycles. The highest BCUT2D eigenvalue weighted by Crippen LogP contribution is 2.16. The highest BCUT2D eigenvalue weighted by Gasteiger charge is 2.08. The van der Waals surface area contributed by atoms with Gasteiger partial charge in [-0.25, -0.2) is 4.79 Å². The van der Waals surface area contributed by atoms with Crippen LogP contribution in [0.15, 0.2) is 78.9 Å². The van der Waals surface area contributed by atoms with Gasteiger partial charge in [-0.2, -0.15) is 0 Å². The van der Waals surface area contributed by atoms with Crippen molar-refractivity contribution in [3.05, 3.63) is 107 Å². The molecule has 0 heterocycles. The third kappa shape index (κ3) is 10.1. The van der Waals surface area contributed by atoms with E-state index in [9.17, 15) is 4.79 Å². The fourth-order valence-electron chi connectivity index (χ4n) is 3.40. The third-order valence-electron chi connectivity index (χ3n) is 5.75. The number of carbonyl (C=O) groups excluding carboxylic acids is 1. The van der Waals surface area contributed by atoms with Crippen molar-refractivity contribution in [2.45, 2.75) is 53.1 Å². The van der Waals surface area contributed by atoms with Gasteiger partial charge in [-0.3, -0.25) is 0 Å². The summed E-state index contributed by atoms with van der Waals surface area (Å²) in [6.07, 6.45) is 4.26. The molecule has 0 unspecified atom stereocenters. The van der Waals surface area contributed by atoms with Gasteiger partial charge >= 0.3 is 5.97 Å². The van der Waals surface area contributed by atoms with E-state index in [0.29, 0.717) is 18.8 Å². The highest BCUT2D eigenvalue weighted by atomic mass is 16.5. The first-order chi connectivity index (χ1) is 19.0.